The number of furan rings is 1. The fourth-order valence-electron chi connectivity index (χ4n) is 3.98. The van der Waals surface area contributed by atoms with Crippen LogP contribution in [0.1, 0.15) is 70.9 Å². The third kappa shape index (κ3) is 7.68. The summed E-state index contributed by atoms with van der Waals surface area (Å²) in [7, 11) is 0. The first kappa shape index (κ1) is 30.3. The van der Waals surface area contributed by atoms with E-state index in [0.29, 0.717) is 36.5 Å². The van der Waals surface area contributed by atoms with Crippen LogP contribution in [0.25, 0.3) is 21.7 Å². The number of ether oxygens (including phenoxy) is 4. The summed E-state index contributed by atoms with van der Waals surface area (Å²) < 4.78 is 27.3. The van der Waals surface area contributed by atoms with Gasteiger partial charge in [0, 0.05) is 29.5 Å². The quantitative estimate of drug-likeness (QED) is 0.0957. The summed E-state index contributed by atoms with van der Waals surface area (Å²) >= 11 is 0. The number of Topliss-reactive ketones (excluding diaryl/α,β-unsaturated/α-hetero) is 3. The summed E-state index contributed by atoms with van der Waals surface area (Å²) in [6, 6.07) is 8.11. The second kappa shape index (κ2) is 13.7. The largest absolute Gasteiger partial charge is 0.513 e. The Kier molecular flexibility index (Phi) is 10.4. The first-order valence-electron chi connectivity index (χ1n) is 13.2. The normalized spacial score (nSPS) is 12.5. The minimum atomic E-state index is -0.990. The molecule has 0 fully saturated rings. The van der Waals surface area contributed by atoms with Gasteiger partial charge >= 0.3 is 12.3 Å². The van der Waals surface area contributed by atoms with Gasteiger partial charge in [-0.2, -0.15) is 0 Å². The Balaban J connectivity index is 1.85. The van der Waals surface area contributed by atoms with Crippen molar-refractivity contribution in [2.45, 2.75) is 60.3 Å². The van der Waals surface area contributed by atoms with E-state index in [9.17, 15) is 24.0 Å². The van der Waals surface area contributed by atoms with Crippen LogP contribution in [0.4, 0.5) is 9.59 Å². The molecule has 1 aromatic heterocycles. The highest BCUT2D eigenvalue weighted by atomic mass is 16.7. The number of hydrogen-bond acceptors (Lipinski definition) is 10. The van der Waals surface area contributed by atoms with Crippen LogP contribution in [0, 0.1) is 11.8 Å². The molecule has 0 N–H and O–H groups in total. The van der Waals surface area contributed by atoms with E-state index in [0.717, 1.165) is 0 Å². The fraction of sp³-hybridized carbons (Fsp3) is 0.433. The van der Waals surface area contributed by atoms with Crippen LogP contribution < -0.4 is 9.47 Å². The molecule has 0 amide bonds. The van der Waals surface area contributed by atoms with E-state index in [1.165, 1.54) is 26.8 Å². The van der Waals surface area contributed by atoms with Gasteiger partial charge in [-0.1, -0.05) is 38.1 Å². The molecule has 0 aliphatic heterocycles. The number of ketones is 3. The van der Waals surface area contributed by atoms with Crippen molar-refractivity contribution in [3.05, 3.63) is 36.1 Å². The Morgan fingerprint density at radius 2 is 1.20 bits per heavy atom. The van der Waals surface area contributed by atoms with Crippen molar-refractivity contribution in [3.8, 4) is 11.5 Å². The zero-order valence-electron chi connectivity index (χ0n) is 23.4. The molecule has 10 heteroatoms. The predicted octanol–water partition coefficient (Wildman–Crippen LogP) is 6.83. The van der Waals surface area contributed by atoms with Gasteiger partial charge in [0.2, 0.25) is 0 Å². The summed E-state index contributed by atoms with van der Waals surface area (Å²) in [4.78, 5) is 60.1. The highest BCUT2D eigenvalue weighted by Crippen LogP contribution is 2.44. The molecular weight excluding hydrogens is 520 g/mol. The van der Waals surface area contributed by atoms with Gasteiger partial charge in [-0.05, 0) is 45.6 Å². The fourth-order valence-corrected chi connectivity index (χ4v) is 3.98. The van der Waals surface area contributed by atoms with Crippen LogP contribution in [0.15, 0.2) is 34.7 Å². The third-order valence-corrected chi connectivity index (χ3v) is 6.71. The number of carbonyl (C=O) groups excluding carboxylic acids is 5. The summed E-state index contributed by atoms with van der Waals surface area (Å²) in [5.41, 5.74) is 0.0177. The average molecular weight is 555 g/mol. The lowest BCUT2D eigenvalue weighted by atomic mass is 10.0. The number of rotatable bonds is 13. The van der Waals surface area contributed by atoms with Gasteiger partial charge in [-0.3, -0.25) is 14.4 Å². The highest BCUT2D eigenvalue weighted by molar-refractivity contribution is 6.12. The summed E-state index contributed by atoms with van der Waals surface area (Å²) in [5, 5.41) is 1.01. The lowest BCUT2D eigenvalue weighted by Crippen LogP contribution is -2.15. The van der Waals surface area contributed by atoms with E-state index in [-0.39, 0.29) is 70.6 Å². The standard InChI is InChI=1S/C30H34O10/c1-17(19(3)31)10-8-14-36-29(34)39-26-22-12-6-7-13-23(22)27(28-24(26)16-25(38-28)21(5)33)40-30(35)37-15-9-11-18(2)20(4)32/h6-7,12-13,16-18H,8-11,14-15H2,1-5H3/t17-,18-/m0/s1. The van der Waals surface area contributed by atoms with Crippen molar-refractivity contribution in [1.29, 1.82) is 0 Å². The van der Waals surface area contributed by atoms with Crippen LogP contribution >= 0.6 is 0 Å². The first-order chi connectivity index (χ1) is 19.0. The Hall–Kier alpha value is -4.21. The van der Waals surface area contributed by atoms with E-state index in [2.05, 4.69) is 0 Å². The molecule has 0 saturated carbocycles. The minimum Gasteiger partial charge on any atom is -0.449 e. The number of carbonyl (C=O) groups is 5. The minimum absolute atomic E-state index is 0.000795. The second-order valence-corrected chi connectivity index (χ2v) is 9.82. The van der Waals surface area contributed by atoms with Gasteiger partial charge in [0.1, 0.15) is 11.6 Å². The Morgan fingerprint density at radius 3 is 1.68 bits per heavy atom. The van der Waals surface area contributed by atoms with Crippen LogP contribution in [0.3, 0.4) is 0 Å². The van der Waals surface area contributed by atoms with Crippen LogP contribution in [0.2, 0.25) is 0 Å². The molecule has 2 atom stereocenters. The van der Waals surface area contributed by atoms with Crippen molar-refractivity contribution in [3.63, 3.8) is 0 Å². The van der Waals surface area contributed by atoms with E-state index >= 15 is 0 Å². The van der Waals surface area contributed by atoms with Crippen LogP contribution in [-0.4, -0.2) is 42.9 Å². The van der Waals surface area contributed by atoms with Crippen molar-refractivity contribution in [2.75, 3.05) is 13.2 Å². The molecule has 0 unspecified atom stereocenters. The number of benzene rings is 2. The zero-order chi connectivity index (χ0) is 29.4. The molecule has 0 bridgehead atoms. The molecule has 0 saturated heterocycles. The summed E-state index contributed by atoms with van der Waals surface area (Å²) in [6.07, 6.45) is 0.125. The molecule has 0 aliphatic carbocycles. The van der Waals surface area contributed by atoms with E-state index in [4.69, 9.17) is 23.4 Å². The third-order valence-electron chi connectivity index (χ3n) is 6.71. The molecular formula is C30H34O10. The summed E-state index contributed by atoms with van der Waals surface area (Å²) in [6.45, 7) is 8.06. The topological polar surface area (TPSA) is 135 Å². The highest BCUT2D eigenvalue weighted by Gasteiger charge is 2.25. The maximum Gasteiger partial charge on any atom is 0.513 e. The zero-order valence-corrected chi connectivity index (χ0v) is 23.4. The molecule has 0 aliphatic rings. The van der Waals surface area contributed by atoms with Gasteiger partial charge in [0.05, 0.1) is 18.6 Å². The van der Waals surface area contributed by atoms with Gasteiger partial charge < -0.3 is 23.4 Å². The Labute approximate surface area is 231 Å². The van der Waals surface area contributed by atoms with Gasteiger partial charge in [0.15, 0.2) is 28.6 Å². The molecule has 3 aromatic rings. The SMILES string of the molecule is CC(=O)c1cc2c(OC(=O)OCCC[C@H](C)C(C)=O)c3ccccc3c(OC(=O)OCCC[C@H](C)C(C)=O)c2o1. The van der Waals surface area contributed by atoms with Crippen molar-refractivity contribution in [1.82, 2.24) is 0 Å². The van der Waals surface area contributed by atoms with E-state index < -0.39 is 12.3 Å². The molecule has 2 aromatic carbocycles. The van der Waals surface area contributed by atoms with Gasteiger partial charge in [-0.15, -0.1) is 0 Å². The molecule has 0 radical (unpaired) electrons. The van der Waals surface area contributed by atoms with E-state index in [1.807, 2.05) is 13.8 Å². The number of hydrogen-bond donors (Lipinski definition) is 0. The first-order valence-corrected chi connectivity index (χ1v) is 13.2. The van der Waals surface area contributed by atoms with Crippen molar-refractivity contribution < 1.29 is 47.3 Å². The summed E-state index contributed by atoms with van der Waals surface area (Å²) in [5.74, 6) is -0.500. The molecule has 40 heavy (non-hydrogen) atoms. The predicted molar refractivity (Wildman–Crippen MR) is 146 cm³/mol. The smallest absolute Gasteiger partial charge is 0.449 e. The Bertz CT molecular complexity index is 1320. The van der Waals surface area contributed by atoms with Crippen molar-refractivity contribution >= 4 is 51.4 Å². The molecule has 1 heterocycles. The van der Waals surface area contributed by atoms with E-state index in [1.54, 1.807) is 24.3 Å². The maximum atomic E-state index is 12.6. The maximum absolute atomic E-state index is 12.6. The van der Waals surface area contributed by atoms with Crippen molar-refractivity contribution in [2.24, 2.45) is 11.8 Å². The van der Waals surface area contributed by atoms with Crippen LogP contribution in [0.5, 0.6) is 11.5 Å². The van der Waals surface area contributed by atoms with Gasteiger partial charge in [0.25, 0.3) is 0 Å². The Morgan fingerprint density at radius 1 is 0.725 bits per heavy atom. The second-order valence-electron chi connectivity index (χ2n) is 9.82. The lowest BCUT2D eigenvalue weighted by Gasteiger charge is -2.14. The molecule has 214 valence electrons. The van der Waals surface area contributed by atoms with Crippen LogP contribution in [-0.2, 0) is 19.1 Å². The molecule has 10 nitrogen and oxygen atoms in total. The molecule has 3 rings (SSSR count). The average Bonchev–Trinajstić information content (AvgIpc) is 3.36. The van der Waals surface area contributed by atoms with Gasteiger partial charge in [-0.25, -0.2) is 9.59 Å². The lowest BCUT2D eigenvalue weighted by molar-refractivity contribution is -0.121. The number of fused-ring (bicyclic) bond motifs is 2. The molecule has 0 spiro atoms. The monoisotopic (exact) mass is 554 g/mol.